The van der Waals surface area contributed by atoms with Crippen LogP contribution in [0.2, 0.25) is 0 Å². The van der Waals surface area contributed by atoms with Crippen molar-refractivity contribution in [2.45, 2.75) is 70.4 Å². The zero-order valence-corrected chi connectivity index (χ0v) is 14.2. The van der Waals surface area contributed by atoms with E-state index in [0.717, 1.165) is 0 Å². The summed E-state index contributed by atoms with van der Waals surface area (Å²) in [5.41, 5.74) is -0.494. The molecule has 21 heavy (non-hydrogen) atoms. The lowest BCUT2D eigenvalue weighted by Crippen LogP contribution is -2.32. The van der Waals surface area contributed by atoms with Crippen molar-refractivity contribution in [1.29, 1.82) is 0 Å². The second-order valence-corrected chi connectivity index (χ2v) is 8.28. The summed E-state index contributed by atoms with van der Waals surface area (Å²) in [6, 6.07) is 0. The van der Waals surface area contributed by atoms with Gasteiger partial charge in [-0.15, -0.1) is 10.2 Å². The Morgan fingerprint density at radius 3 is 2.10 bits per heavy atom. The summed E-state index contributed by atoms with van der Waals surface area (Å²) in [5, 5.41) is 13.1. The van der Waals surface area contributed by atoms with E-state index in [1.165, 1.54) is 0 Å². The lowest BCUT2D eigenvalue weighted by Gasteiger charge is -2.28. The van der Waals surface area contributed by atoms with E-state index < -0.39 is 15.6 Å². The van der Waals surface area contributed by atoms with Gasteiger partial charge in [-0.25, -0.2) is 13.6 Å². The lowest BCUT2D eigenvalue weighted by molar-refractivity contribution is 0.0549. The zero-order chi connectivity index (χ0) is 16.2. The molecule has 1 fully saturated rings. The molecule has 0 spiro atoms. The van der Waals surface area contributed by atoms with Crippen molar-refractivity contribution in [3.8, 4) is 0 Å². The fourth-order valence-electron chi connectivity index (χ4n) is 3.02. The van der Waals surface area contributed by atoms with E-state index in [4.69, 9.17) is 9.88 Å². The summed E-state index contributed by atoms with van der Waals surface area (Å²) < 4.78 is 31.0. The number of hydrogen-bond donors (Lipinski definition) is 1. The van der Waals surface area contributed by atoms with Crippen LogP contribution in [0.5, 0.6) is 0 Å². The largest absolute Gasteiger partial charge is 0.374 e. The van der Waals surface area contributed by atoms with E-state index in [-0.39, 0.29) is 29.2 Å². The van der Waals surface area contributed by atoms with E-state index in [0.29, 0.717) is 5.82 Å². The molecule has 0 amide bonds. The number of nitrogens with two attached hydrogens (primary N) is 1. The molecule has 2 rings (SSSR count). The molecule has 8 heteroatoms. The highest BCUT2D eigenvalue weighted by Gasteiger charge is 2.43. The molecule has 1 aromatic rings. The summed E-state index contributed by atoms with van der Waals surface area (Å²) in [7, 11) is -3.93. The minimum atomic E-state index is -3.93. The average Bonchev–Trinajstić information content (AvgIpc) is 2.80. The summed E-state index contributed by atoms with van der Waals surface area (Å²) in [6.45, 7) is 11.8. The number of sulfonamides is 1. The first-order valence-electron chi connectivity index (χ1n) is 7.08. The van der Waals surface area contributed by atoms with Gasteiger partial charge in [-0.05, 0) is 40.5 Å². The fraction of sp³-hybridized carbons (Fsp3) is 0.846. The van der Waals surface area contributed by atoms with Crippen LogP contribution in [0, 0.1) is 5.92 Å². The van der Waals surface area contributed by atoms with Crippen molar-refractivity contribution >= 4 is 10.0 Å². The normalized spacial score (nSPS) is 30.8. The van der Waals surface area contributed by atoms with Crippen LogP contribution in [0.4, 0.5) is 0 Å². The highest BCUT2D eigenvalue weighted by atomic mass is 32.2. The van der Waals surface area contributed by atoms with Gasteiger partial charge in [0.15, 0.2) is 0 Å². The number of nitrogens with zero attached hydrogens (tertiary/aromatic N) is 3. The van der Waals surface area contributed by atoms with E-state index >= 15 is 0 Å². The maximum atomic E-state index is 11.8. The number of ether oxygens (including phenoxy) is 1. The lowest BCUT2D eigenvalue weighted by atomic mass is 9.88. The Balaban J connectivity index is 2.64. The van der Waals surface area contributed by atoms with Crippen LogP contribution in [-0.4, -0.2) is 35.4 Å². The maximum absolute atomic E-state index is 11.8. The van der Waals surface area contributed by atoms with Crippen LogP contribution in [0.25, 0.3) is 0 Å². The Bertz CT molecular complexity index is 632. The van der Waals surface area contributed by atoms with Gasteiger partial charge in [0.1, 0.15) is 5.82 Å². The van der Waals surface area contributed by atoms with E-state index in [9.17, 15) is 8.42 Å². The van der Waals surface area contributed by atoms with Crippen molar-refractivity contribution in [2.75, 3.05) is 0 Å². The van der Waals surface area contributed by atoms with Crippen molar-refractivity contribution in [3.05, 3.63) is 5.82 Å². The van der Waals surface area contributed by atoms with Crippen LogP contribution >= 0.6 is 0 Å². The SMILES string of the molecule is CC1OC(C)C(c2nnc(S(N)(=O)=O)n2C(C)(C)C)C1C. The topological polar surface area (TPSA) is 100 Å². The molecular formula is C13H24N4O3S. The van der Waals surface area contributed by atoms with E-state index in [1.54, 1.807) is 4.57 Å². The first-order valence-corrected chi connectivity index (χ1v) is 8.63. The van der Waals surface area contributed by atoms with Gasteiger partial charge in [-0.2, -0.15) is 0 Å². The van der Waals surface area contributed by atoms with Gasteiger partial charge in [0.25, 0.3) is 15.2 Å². The Hall–Kier alpha value is -0.990. The smallest absolute Gasteiger partial charge is 0.273 e. The van der Waals surface area contributed by atoms with Crippen LogP contribution in [0.15, 0.2) is 5.16 Å². The second-order valence-electron chi connectivity index (χ2n) is 6.82. The summed E-state index contributed by atoms with van der Waals surface area (Å²) in [5.74, 6) is 0.830. The molecule has 0 bridgehead atoms. The van der Waals surface area contributed by atoms with Crippen molar-refractivity contribution < 1.29 is 13.2 Å². The molecule has 0 aliphatic carbocycles. The first-order chi connectivity index (χ1) is 9.44. The number of primary sulfonamides is 1. The van der Waals surface area contributed by atoms with Crippen molar-refractivity contribution in [3.63, 3.8) is 0 Å². The minimum Gasteiger partial charge on any atom is -0.374 e. The Labute approximate surface area is 125 Å². The molecular weight excluding hydrogens is 292 g/mol. The third-order valence-corrected chi connectivity index (χ3v) is 4.90. The minimum absolute atomic E-state index is 0.0118. The predicted octanol–water partition coefficient (Wildman–Crippen LogP) is 1.21. The van der Waals surface area contributed by atoms with Gasteiger partial charge in [0.2, 0.25) is 0 Å². The molecule has 2 heterocycles. The van der Waals surface area contributed by atoms with Gasteiger partial charge >= 0.3 is 0 Å². The molecule has 4 atom stereocenters. The number of rotatable bonds is 2. The van der Waals surface area contributed by atoms with Crippen LogP contribution in [0.3, 0.4) is 0 Å². The third kappa shape index (κ3) is 2.84. The summed E-state index contributed by atoms with van der Waals surface area (Å²) in [6.07, 6.45) is 0.0432. The summed E-state index contributed by atoms with van der Waals surface area (Å²) >= 11 is 0. The van der Waals surface area contributed by atoms with Crippen molar-refractivity contribution in [1.82, 2.24) is 14.8 Å². The fourth-order valence-corrected chi connectivity index (χ4v) is 3.80. The highest BCUT2D eigenvalue weighted by molar-refractivity contribution is 7.89. The van der Waals surface area contributed by atoms with Gasteiger partial charge in [-0.1, -0.05) is 6.92 Å². The zero-order valence-electron chi connectivity index (χ0n) is 13.4. The molecule has 1 saturated heterocycles. The quantitative estimate of drug-likeness (QED) is 0.884. The van der Waals surface area contributed by atoms with E-state index in [2.05, 4.69) is 17.1 Å². The van der Waals surface area contributed by atoms with Crippen LogP contribution < -0.4 is 5.14 Å². The molecule has 1 aliphatic rings. The van der Waals surface area contributed by atoms with Gasteiger partial charge in [0, 0.05) is 5.54 Å². The molecule has 1 aliphatic heterocycles. The van der Waals surface area contributed by atoms with E-state index in [1.807, 2.05) is 34.6 Å². The predicted molar refractivity (Wildman–Crippen MR) is 78.3 cm³/mol. The van der Waals surface area contributed by atoms with Gasteiger partial charge in [-0.3, -0.25) is 4.57 Å². The number of aromatic nitrogens is 3. The molecule has 0 saturated carbocycles. The van der Waals surface area contributed by atoms with Gasteiger partial charge in [0.05, 0.1) is 18.1 Å². The standard InChI is InChI=1S/C13H24N4O3S/c1-7-8(2)20-9(3)10(7)11-15-16-12(21(14,18)19)17(11)13(4,5)6/h7-10H,1-6H3,(H2,14,18,19). The third-order valence-electron chi connectivity index (χ3n) is 4.12. The molecule has 7 nitrogen and oxygen atoms in total. The van der Waals surface area contributed by atoms with Crippen LogP contribution in [0.1, 0.15) is 53.3 Å². The number of hydrogen-bond acceptors (Lipinski definition) is 5. The summed E-state index contributed by atoms with van der Waals surface area (Å²) in [4.78, 5) is 0. The first kappa shape index (κ1) is 16.4. The molecule has 1 aromatic heterocycles. The van der Waals surface area contributed by atoms with Crippen molar-refractivity contribution in [2.24, 2.45) is 11.1 Å². The maximum Gasteiger partial charge on any atom is 0.273 e. The monoisotopic (exact) mass is 316 g/mol. The molecule has 0 radical (unpaired) electrons. The molecule has 4 unspecified atom stereocenters. The van der Waals surface area contributed by atoms with Crippen LogP contribution in [-0.2, 0) is 20.3 Å². The highest BCUT2D eigenvalue weighted by Crippen LogP contribution is 2.40. The Kier molecular flexibility index (Phi) is 3.92. The molecule has 0 aromatic carbocycles. The Morgan fingerprint density at radius 2 is 1.71 bits per heavy atom. The second kappa shape index (κ2) is 5.03. The average molecular weight is 316 g/mol. The Morgan fingerprint density at radius 1 is 1.14 bits per heavy atom. The molecule has 2 N–H and O–H groups in total. The molecule has 120 valence electrons. The van der Waals surface area contributed by atoms with Gasteiger partial charge < -0.3 is 4.74 Å².